The van der Waals surface area contributed by atoms with Crippen molar-refractivity contribution in [2.75, 3.05) is 7.05 Å². The number of rotatable bonds is 4. The van der Waals surface area contributed by atoms with Gasteiger partial charge in [-0.3, -0.25) is 0 Å². The number of hydrogen-bond acceptors (Lipinski definition) is 1. The Morgan fingerprint density at radius 2 is 2.14 bits per heavy atom. The van der Waals surface area contributed by atoms with E-state index in [4.69, 9.17) is 0 Å². The van der Waals surface area contributed by atoms with E-state index in [1.54, 1.807) is 0 Å². The van der Waals surface area contributed by atoms with Crippen molar-refractivity contribution in [1.82, 2.24) is 5.32 Å². The maximum Gasteiger partial charge on any atom is 0.0320 e. The lowest BCUT2D eigenvalue weighted by molar-refractivity contribution is 0.539. The molecule has 0 saturated heterocycles. The molecule has 0 spiro atoms. The number of nitrogens with one attached hydrogen (secondary N) is 1. The third kappa shape index (κ3) is 2.82. The minimum atomic E-state index is 0.484. The summed E-state index contributed by atoms with van der Waals surface area (Å²) >= 11 is 3.52. The first-order chi connectivity index (χ1) is 6.69. The lowest BCUT2D eigenvalue weighted by atomic mass is 9.98. The maximum absolute atomic E-state index is 3.52. The third-order valence-corrected chi connectivity index (χ3v) is 3.04. The standard InChI is InChI=1S/C12H18BrN/c1-4-5-12(14-3)11-8-10(13)7-6-9(11)2/h6-8,12,14H,4-5H2,1-3H3. The van der Waals surface area contributed by atoms with Gasteiger partial charge in [0, 0.05) is 10.5 Å². The van der Waals surface area contributed by atoms with E-state index in [9.17, 15) is 0 Å². The Morgan fingerprint density at radius 1 is 1.43 bits per heavy atom. The zero-order chi connectivity index (χ0) is 10.6. The molecule has 0 aliphatic rings. The molecule has 1 aromatic rings. The molecule has 1 N–H and O–H groups in total. The summed E-state index contributed by atoms with van der Waals surface area (Å²) in [6.45, 7) is 4.39. The van der Waals surface area contributed by atoms with Gasteiger partial charge in [0.1, 0.15) is 0 Å². The van der Waals surface area contributed by atoms with Crippen molar-refractivity contribution in [3.63, 3.8) is 0 Å². The van der Waals surface area contributed by atoms with Crippen LogP contribution in [0.25, 0.3) is 0 Å². The molecule has 1 rings (SSSR count). The predicted molar refractivity (Wildman–Crippen MR) is 65.6 cm³/mol. The van der Waals surface area contributed by atoms with E-state index in [0.29, 0.717) is 6.04 Å². The van der Waals surface area contributed by atoms with Crippen LogP contribution in [-0.4, -0.2) is 7.05 Å². The molecule has 1 atom stereocenters. The number of hydrogen-bond donors (Lipinski definition) is 1. The summed E-state index contributed by atoms with van der Waals surface area (Å²) in [7, 11) is 2.03. The summed E-state index contributed by atoms with van der Waals surface area (Å²) in [6, 6.07) is 6.96. The highest BCUT2D eigenvalue weighted by atomic mass is 79.9. The topological polar surface area (TPSA) is 12.0 Å². The summed E-state index contributed by atoms with van der Waals surface area (Å²) in [5.74, 6) is 0. The van der Waals surface area contributed by atoms with Gasteiger partial charge in [0.15, 0.2) is 0 Å². The average molecular weight is 256 g/mol. The molecule has 0 bridgehead atoms. The highest BCUT2D eigenvalue weighted by Crippen LogP contribution is 2.24. The second-order valence-corrected chi connectivity index (χ2v) is 4.55. The number of benzene rings is 1. The van der Waals surface area contributed by atoms with Crippen LogP contribution >= 0.6 is 15.9 Å². The fourth-order valence-electron chi connectivity index (χ4n) is 1.73. The van der Waals surface area contributed by atoms with Gasteiger partial charge >= 0.3 is 0 Å². The number of aryl methyl sites for hydroxylation is 1. The average Bonchev–Trinajstić information content (AvgIpc) is 2.18. The van der Waals surface area contributed by atoms with Crippen molar-refractivity contribution in [2.45, 2.75) is 32.7 Å². The molecule has 0 fully saturated rings. The van der Waals surface area contributed by atoms with Crippen LogP contribution in [0.4, 0.5) is 0 Å². The molecule has 0 aromatic heterocycles. The zero-order valence-electron chi connectivity index (χ0n) is 9.10. The summed E-state index contributed by atoms with van der Waals surface area (Å²) < 4.78 is 1.16. The zero-order valence-corrected chi connectivity index (χ0v) is 10.7. The van der Waals surface area contributed by atoms with Gasteiger partial charge in [-0.15, -0.1) is 0 Å². The van der Waals surface area contributed by atoms with Crippen molar-refractivity contribution in [3.8, 4) is 0 Å². The van der Waals surface area contributed by atoms with Crippen molar-refractivity contribution in [2.24, 2.45) is 0 Å². The second-order valence-electron chi connectivity index (χ2n) is 3.63. The maximum atomic E-state index is 3.52. The fraction of sp³-hybridized carbons (Fsp3) is 0.500. The predicted octanol–water partition coefficient (Wildman–Crippen LogP) is 3.82. The smallest absolute Gasteiger partial charge is 0.0320 e. The Bertz CT molecular complexity index is 296. The highest BCUT2D eigenvalue weighted by molar-refractivity contribution is 9.10. The molecule has 0 aliphatic carbocycles. The SMILES string of the molecule is CCCC(NC)c1cc(Br)ccc1C. The highest BCUT2D eigenvalue weighted by Gasteiger charge is 2.10. The molecule has 0 heterocycles. The van der Waals surface area contributed by atoms with Crippen LogP contribution in [0.2, 0.25) is 0 Å². The summed E-state index contributed by atoms with van der Waals surface area (Å²) in [4.78, 5) is 0. The molecule has 78 valence electrons. The summed E-state index contributed by atoms with van der Waals surface area (Å²) in [5, 5.41) is 3.37. The van der Waals surface area contributed by atoms with Crippen LogP contribution < -0.4 is 5.32 Å². The minimum Gasteiger partial charge on any atom is -0.313 e. The van der Waals surface area contributed by atoms with Gasteiger partial charge in [0.05, 0.1) is 0 Å². The van der Waals surface area contributed by atoms with Crippen molar-refractivity contribution < 1.29 is 0 Å². The van der Waals surface area contributed by atoms with E-state index in [2.05, 4.69) is 53.3 Å². The largest absolute Gasteiger partial charge is 0.313 e. The molecule has 2 heteroatoms. The van der Waals surface area contributed by atoms with Gasteiger partial charge in [-0.25, -0.2) is 0 Å². The Labute approximate surface area is 95.0 Å². The molecule has 1 unspecified atom stereocenters. The molecule has 0 radical (unpaired) electrons. The molecule has 0 saturated carbocycles. The summed E-state index contributed by atoms with van der Waals surface area (Å²) in [5.41, 5.74) is 2.77. The molecular weight excluding hydrogens is 238 g/mol. The minimum absolute atomic E-state index is 0.484. The van der Waals surface area contributed by atoms with Gasteiger partial charge in [-0.2, -0.15) is 0 Å². The van der Waals surface area contributed by atoms with E-state index in [0.717, 1.165) is 4.47 Å². The van der Waals surface area contributed by atoms with Gasteiger partial charge in [-0.1, -0.05) is 35.3 Å². The Hall–Kier alpha value is -0.340. The molecular formula is C12H18BrN. The van der Waals surface area contributed by atoms with E-state index >= 15 is 0 Å². The normalized spacial score (nSPS) is 12.9. The van der Waals surface area contributed by atoms with Gasteiger partial charge in [-0.05, 0) is 43.7 Å². The Kier molecular flexibility index (Phi) is 4.63. The van der Waals surface area contributed by atoms with Gasteiger partial charge in [0.25, 0.3) is 0 Å². The molecule has 14 heavy (non-hydrogen) atoms. The lowest BCUT2D eigenvalue weighted by Crippen LogP contribution is -2.17. The van der Waals surface area contributed by atoms with Crippen LogP contribution in [0.15, 0.2) is 22.7 Å². The first kappa shape index (κ1) is 11.7. The number of halogens is 1. The molecule has 1 nitrogen and oxygen atoms in total. The quantitative estimate of drug-likeness (QED) is 0.863. The molecule has 1 aromatic carbocycles. The first-order valence-corrected chi connectivity index (χ1v) is 5.91. The molecule has 0 aliphatic heterocycles. The van der Waals surface area contributed by atoms with Crippen LogP contribution in [0.3, 0.4) is 0 Å². The van der Waals surface area contributed by atoms with Crippen LogP contribution in [-0.2, 0) is 0 Å². The fourth-order valence-corrected chi connectivity index (χ4v) is 2.11. The van der Waals surface area contributed by atoms with Crippen molar-refractivity contribution in [1.29, 1.82) is 0 Å². The van der Waals surface area contributed by atoms with E-state index in [-0.39, 0.29) is 0 Å². The Balaban J connectivity index is 2.96. The van der Waals surface area contributed by atoms with Crippen molar-refractivity contribution in [3.05, 3.63) is 33.8 Å². The van der Waals surface area contributed by atoms with Gasteiger partial charge in [0.2, 0.25) is 0 Å². The summed E-state index contributed by atoms with van der Waals surface area (Å²) in [6.07, 6.45) is 2.39. The first-order valence-electron chi connectivity index (χ1n) is 5.12. The monoisotopic (exact) mass is 255 g/mol. The van der Waals surface area contributed by atoms with Crippen LogP contribution in [0, 0.1) is 6.92 Å². The van der Waals surface area contributed by atoms with Gasteiger partial charge < -0.3 is 5.32 Å². The lowest BCUT2D eigenvalue weighted by Gasteiger charge is -2.18. The van der Waals surface area contributed by atoms with E-state index in [1.165, 1.54) is 24.0 Å². The second kappa shape index (κ2) is 5.52. The van der Waals surface area contributed by atoms with E-state index in [1.807, 2.05) is 7.05 Å². The third-order valence-electron chi connectivity index (χ3n) is 2.54. The molecule has 0 amide bonds. The van der Waals surface area contributed by atoms with Crippen molar-refractivity contribution >= 4 is 15.9 Å². The Morgan fingerprint density at radius 3 is 2.71 bits per heavy atom. The van der Waals surface area contributed by atoms with Crippen LogP contribution in [0.1, 0.15) is 36.9 Å². The van der Waals surface area contributed by atoms with Crippen LogP contribution in [0.5, 0.6) is 0 Å². The van der Waals surface area contributed by atoms with E-state index < -0.39 is 0 Å².